The van der Waals surface area contributed by atoms with E-state index >= 15 is 0 Å². The molecule has 5 heteroatoms. The Morgan fingerprint density at radius 3 is 2.62 bits per heavy atom. The minimum atomic E-state index is -0.873. The smallest absolute Gasteiger partial charge is 0.303 e. The molecule has 0 radical (unpaired) electrons. The van der Waals surface area contributed by atoms with E-state index in [1.165, 1.54) is 0 Å². The molecule has 0 saturated heterocycles. The normalized spacial score (nSPS) is 12.5. The number of fused-ring (bicyclic) bond motifs is 1. The van der Waals surface area contributed by atoms with Crippen LogP contribution >= 0.6 is 11.6 Å². The third-order valence-electron chi connectivity index (χ3n) is 4.39. The molecule has 1 unspecified atom stereocenters. The van der Waals surface area contributed by atoms with Crippen molar-refractivity contribution in [3.63, 3.8) is 0 Å². The summed E-state index contributed by atoms with van der Waals surface area (Å²) in [7, 11) is 1.97. The minimum absolute atomic E-state index is 0.00154. The highest BCUT2D eigenvalue weighted by molar-refractivity contribution is 6.31. The fourth-order valence-corrected chi connectivity index (χ4v) is 3.38. The molecule has 0 bridgehead atoms. The molecule has 0 saturated carbocycles. The van der Waals surface area contributed by atoms with Crippen molar-refractivity contribution in [2.75, 3.05) is 0 Å². The first kappa shape index (κ1) is 18.5. The highest BCUT2D eigenvalue weighted by Crippen LogP contribution is 2.31. The van der Waals surface area contributed by atoms with Crippen LogP contribution in [-0.4, -0.2) is 21.4 Å². The van der Waals surface area contributed by atoms with Crippen LogP contribution in [0.1, 0.15) is 55.6 Å². The van der Waals surface area contributed by atoms with Crippen molar-refractivity contribution in [3.8, 4) is 0 Å². The van der Waals surface area contributed by atoms with Crippen LogP contribution in [0.15, 0.2) is 18.2 Å². The monoisotopic (exact) mass is 349 g/mol. The van der Waals surface area contributed by atoms with Crippen molar-refractivity contribution in [3.05, 3.63) is 34.5 Å². The van der Waals surface area contributed by atoms with Gasteiger partial charge < -0.3 is 9.67 Å². The van der Waals surface area contributed by atoms with Gasteiger partial charge in [0.15, 0.2) is 5.78 Å². The average Bonchev–Trinajstić information content (AvgIpc) is 2.76. The maximum atomic E-state index is 12.9. The van der Waals surface area contributed by atoms with Gasteiger partial charge >= 0.3 is 5.97 Å². The number of ketones is 1. The van der Waals surface area contributed by atoms with Crippen LogP contribution in [-0.2, 0) is 18.3 Å². The summed E-state index contributed by atoms with van der Waals surface area (Å²) in [5.74, 6) is -1.06. The van der Waals surface area contributed by atoms with Gasteiger partial charge in [0.25, 0.3) is 0 Å². The second kappa shape index (κ2) is 7.84. The summed E-state index contributed by atoms with van der Waals surface area (Å²) in [4.78, 5) is 23.8. The van der Waals surface area contributed by atoms with E-state index < -0.39 is 5.97 Å². The molecule has 4 nitrogen and oxygen atoms in total. The van der Waals surface area contributed by atoms with Crippen molar-refractivity contribution in [1.29, 1.82) is 0 Å². The van der Waals surface area contributed by atoms with Gasteiger partial charge in [-0.3, -0.25) is 9.59 Å². The molecule has 2 rings (SSSR count). The molecule has 2 aromatic rings. The Bertz CT molecular complexity index is 764. The van der Waals surface area contributed by atoms with Crippen molar-refractivity contribution in [1.82, 2.24) is 4.57 Å². The molecule has 0 amide bonds. The molecule has 1 atom stereocenters. The third kappa shape index (κ3) is 3.99. The van der Waals surface area contributed by atoms with Crippen molar-refractivity contribution in [2.45, 2.75) is 46.0 Å². The molecular weight excluding hydrogens is 326 g/mol. The van der Waals surface area contributed by atoms with Crippen molar-refractivity contribution in [2.24, 2.45) is 13.0 Å². The summed E-state index contributed by atoms with van der Waals surface area (Å²) in [6.07, 6.45) is 3.11. The predicted molar refractivity (Wildman–Crippen MR) is 96.9 cm³/mol. The Kier molecular flexibility index (Phi) is 6.05. The lowest BCUT2D eigenvalue weighted by Crippen LogP contribution is -2.12. The lowest BCUT2D eigenvalue weighted by atomic mass is 9.94. The summed E-state index contributed by atoms with van der Waals surface area (Å²) in [5.41, 5.74) is 2.71. The molecule has 0 aliphatic rings. The SMILES string of the molecule is CCCCc1c(C(=O)CC(C)CC(=O)O)c2cc(Cl)ccc2n1C. The van der Waals surface area contributed by atoms with Gasteiger partial charge in [0.1, 0.15) is 0 Å². The van der Waals surface area contributed by atoms with Crippen LogP contribution < -0.4 is 0 Å². The highest BCUT2D eigenvalue weighted by atomic mass is 35.5. The Morgan fingerprint density at radius 2 is 2.00 bits per heavy atom. The summed E-state index contributed by atoms with van der Waals surface area (Å²) < 4.78 is 2.07. The number of nitrogens with zero attached hydrogens (tertiary/aromatic N) is 1. The summed E-state index contributed by atoms with van der Waals surface area (Å²) in [6, 6.07) is 5.60. The molecular formula is C19H24ClNO3. The molecule has 0 aliphatic heterocycles. The van der Waals surface area contributed by atoms with Crippen LogP contribution in [0.25, 0.3) is 10.9 Å². The van der Waals surface area contributed by atoms with E-state index in [0.717, 1.165) is 35.9 Å². The van der Waals surface area contributed by atoms with E-state index in [4.69, 9.17) is 16.7 Å². The van der Waals surface area contributed by atoms with Crippen LogP contribution in [0, 0.1) is 5.92 Å². The zero-order valence-corrected chi connectivity index (χ0v) is 15.2. The number of carbonyl (C=O) groups is 2. The van der Waals surface area contributed by atoms with E-state index in [-0.39, 0.29) is 24.5 Å². The number of halogens is 1. The first-order chi connectivity index (χ1) is 11.3. The van der Waals surface area contributed by atoms with E-state index in [0.29, 0.717) is 10.6 Å². The van der Waals surface area contributed by atoms with Crippen LogP contribution in [0.3, 0.4) is 0 Å². The summed E-state index contributed by atoms with van der Waals surface area (Å²) in [6.45, 7) is 3.92. The lowest BCUT2D eigenvalue weighted by Gasteiger charge is -2.10. The Labute approximate surface area is 147 Å². The van der Waals surface area contributed by atoms with Gasteiger partial charge in [-0.1, -0.05) is 31.9 Å². The van der Waals surface area contributed by atoms with Gasteiger partial charge in [0, 0.05) is 47.1 Å². The molecule has 1 aromatic carbocycles. The third-order valence-corrected chi connectivity index (χ3v) is 4.62. The van der Waals surface area contributed by atoms with Gasteiger partial charge in [-0.05, 0) is 37.0 Å². The van der Waals surface area contributed by atoms with Gasteiger partial charge in [-0.25, -0.2) is 0 Å². The number of carbonyl (C=O) groups excluding carboxylic acids is 1. The fraction of sp³-hybridized carbons (Fsp3) is 0.474. The van der Waals surface area contributed by atoms with E-state index in [1.54, 1.807) is 6.92 Å². The van der Waals surface area contributed by atoms with E-state index in [9.17, 15) is 9.59 Å². The predicted octanol–water partition coefficient (Wildman–Crippen LogP) is 4.86. The van der Waals surface area contributed by atoms with Crippen molar-refractivity contribution < 1.29 is 14.7 Å². The zero-order chi connectivity index (χ0) is 17.9. The van der Waals surface area contributed by atoms with Crippen LogP contribution in [0.5, 0.6) is 0 Å². The topological polar surface area (TPSA) is 59.3 Å². The molecule has 24 heavy (non-hydrogen) atoms. The Hall–Kier alpha value is -1.81. The first-order valence-corrected chi connectivity index (χ1v) is 8.74. The minimum Gasteiger partial charge on any atom is -0.481 e. The van der Waals surface area contributed by atoms with Gasteiger partial charge in [-0.2, -0.15) is 0 Å². The zero-order valence-electron chi connectivity index (χ0n) is 14.4. The van der Waals surface area contributed by atoms with Gasteiger partial charge in [-0.15, -0.1) is 0 Å². The quantitative estimate of drug-likeness (QED) is 0.692. The molecule has 1 heterocycles. The second-order valence-electron chi connectivity index (χ2n) is 6.48. The van der Waals surface area contributed by atoms with Crippen LogP contribution in [0.4, 0.5) is 0 Å². The van der Waals surface area contributed by atoms with Crippen molar-refractivity contribution >= 4 is 34.3 Å². The molecule has 1 N–H and O–H groups in total. The van der Waals surface area contributed by atoms with Gasteiger partial charge in [0.2, 0.25) is 0 Å². The van der Waals surface area contributed by atoms with E-state index in [1.807, 2.05) is 25.2 Å². The largest absolute Gasteiger partial charge is 0.481 e. The number of aromatic nitrogens is 1. The Morgan fingerprint density at radius 1 is 1.29 bits per heavy atom. The molecule has 0 fully saturated rings. The molecule has 130 valence electrons. The molecule has 0 aliphatic carbocycles. The lowest BCUT2D eigenvalue weighted by molar-refractivity contribution is -0.137. The number of Topliss-reactive ketones (excluding diaryl/α,β-unsaturated/α-hetero) is 1. The number of carboxylic acid groups (broad SMARTS) is 1. The number of aliphatic carboxylic acids is 1. The Balaban J connectivity index is 2.47. The molecule has 1 aromatic heterocycles. The standard InChI is InChI=1S/C19H24ClNO3/c1-4-5-6-16-19(17(22)9-12(2)10-18(23)24)14-11-13(20)7-8-15(14)21(16)3/h7-8,11-12H,4-6,9-10H2,1-3H3,(H,23,24). The average molecular weight is 350 g/mol. The maximum Gasteiger partial charge on any atom is 0.303 e. The number of benzene rings is 1. The fourth-order valence-electron chi connectivity index (χ4n) is 3.21. The van der Waals surface area contributed by atoms with Crippen LogP contribution in [0.2, 0.25) is 5.02 Å². The summed E-state index contributed by atoms with van der Waals surface area (Å²) >= 11 is 6.14. The number of hydrogen-bond acceptors (Lipinski definition) is 2. The number of hydrogen-bond donors (Lipinski definition) is 1. The van der Waals surface area contributed by atoms with E-state index in [2.05, 4.69) is 11.5 Å². The second-order valence-corrected chi connectivity index (χ2v) is 6.91. The number of carboxylic acids is 1. The summed E-state index contributed by atoms with van der Waals surface area (Å²) in [5, 5.41) is 10.4. The maximum absolute atomic E-state index is 12.9. The number of rotatable bonds is 8. The number of aryl methyl sites for hydroxylation is 1. The van der Waals surface area contributed by atoms with Gasteiger partial charge in [0.05, 0.1) is 0 Å². The highest BCUT2D eigenvalue weighted by Gasteiger charge is 2.23. The number of unbranched alkanes of at least 4 members (excludes halogenated alkanes) is 1. The molecule has 0 spiro atoms. The first-order valence-electron chi connectivity index (χ1n) is 8.36.